The highest BCUT2D eigenvalue weighted by Gasteiger charge is 2.25. The Hall–Kier alpha value is -1.02. The fourth-order valence-electron chi connectivity index (χ4n) is 3.23. The number of aromatic hydroxyl groups is 1. The summed E-state index contributed by atoms with van der Waals surface area (Å²) in [6.07, 6.45) is 4.71. The van der Waals surface area contributed by atoms with E-state index in [1.165, 1.54) is 24.0 Å². The Bertz CT molecular complexity index is 398. The molecule has 0 aromatic heterocycles. The monoisotopic (exact) mass is 247 g/mol. The maximum absolute atomic E-state index is 9.51. The maximum atomic E-state index is 9.51. The summed E-state index contributed by atoms with van der Waals surface area (Å²) >= 11 is 0. The first-order valence-corrected chi connectivity index (χ1v) is 7.23. The standard InChI is InChI=1S/C16H25NO/c1-4-12(5-2)11(3)17-16-9-6-13-10-14(18)7-8-15(13)16/h7-8,10-12,16-18H,4-6,9H2,1-3H3. The minimum Gasteiger partial charge on any atom is -0.508 e. The van der Waals surface area contributed by atoms with Crippen LogP contribution in [0, 0.1) is 5.92 Å². The van der Waals surface area contributed by atoms with Crippen LogP contribution in [-0.2, 0) is 6.42 Å². The largest absolute Gasteiger partial charge is 0.508 e. The first kappa shape index (κ1) is 13.4. The molecule has 0 fully saturated rings. The molecule has 2 heteroatoms. The molecule has 0 aliphatic heterocycles. The van der Waals surface area contributed by atoms with E-state index in [1.54, 1.807) is 6.07 Å². The summed E-state index contributed by atoms with van der Waals surface area (Å²) in [7, 11) is 0. The number of rotatable bonds is 5. The maximum Gasteiger partial charge on any atom is 0.115 e. The van der Waals surface area contributed by atoms with Gasteiger partial charge in [-0.05, 0) is 48.9 Å². The SMILES string of the molecule is CCC(CC)C(C)NC1CCc2cc(O)ccc21. The highest BCUT2D eigenvalue weighted by molar-refractivity contribution is 5.40. The molecule has 0 amide bonds. The zero-order valence-corrected chi connectivity index (χ0v) is 11.7. The molecule has 18 heavy (non-hydrogen) atoms. The van der Waals surface area contributed by atoms with Crippen LogP contribution in [0.5, 0.6) is 5.75 Å². The Balaban J connectivity index is 2.05. The second-order valence-electron chi connectivity index (χ2n) is 5.51. The van der Waals surface area contributed by atoms with Crippen molar-refractivity contribution >= 4 is 0 Å². The van der Waals surface area contributed by atoms with Crippen LogP contribution in [0.1, 0.15) is 57.2 Å². The van der Waals surface area contributed by atoms with E-state index in [2.05, 4.69) is 32.2 Å². The average Bonchev–Trinajstić information content (AvgIpc) is 2.73. The van der Waals surface area contributed by atoms with Gasteiger partial charge in [0.25, 0.3) is 0 Å². The smallest absolute Gasteiger partial charge is 0.115 e. The van der Waals surface area contributed by atoms with E-state index in [9.17, 15) is 5.11 Å². The molecule has 1 aliphatic carbocycles. The third-order valence-corrected chi connectivity index (χ3v) is 4.42. The number of hydrogen-bond donors (Lipinski definition) is 2. The molecule has 2 rings (SSSR count). The highest BCUT2D eigenvalue weighted by atomic mass is 16.3. The molecule has 0 bridgehead atoms. The lowest BCUT2D eigenvalue weighted by Crippen LogP contribution is -2.35. The van der Waals surface area contributed by atoms with Gasteiger partial charge in [0.15, 0.2) is 0 Å². The van der Waals surface area contributed by atoms with Crippen LogP contribution < -0.4 is 5.32 Å². The van der Waals surface area contributed by atoms with Crippen molar-refractivity contribution in [3.8, 4) is 5.75 Å². The minimum absolute atomic E-state index is 0.391. The molecule has 2 unspecified atom stereocenters. The third kappa shape index (κ3) is 2.69. The summed E-state index contributed by atoms with van der Waals surface area (Å²) in [6, 6.07) is 6.83. The summed E-state index contributed by atoms with van der Waals surface area (Å²) in [4.78, 5) is 0. The van der Waals surface area contributed by atoms with Gasteiger partial charge in [-0.3, -0.25) is 0 Å². The Labute approximate surface area is 110 Å². The fraction of sp³-hybridized carbons (Fsp3) is 0.625. The van der Waals surface area contributed by atoms with Crippen molar-refractivity contribution in [1.29, 1.82) is 0 Å². The second-order valence-corrected chi connectivity index (χ2v) is 5.51. The number of hydrogen-bond acceptors (Lipinski definition) is 2. The van der Waals surface area contributed by atoms with Crippen LogP contribution >= 0.6 is 0 Å². The van der Waals surface area contributed by atoms with E-state index in [-0.39, 0.29) is 0 Å². The molecule has 100 valence electrons. The zero-order chi connectivity index (χ0) is 13.1. The van der Waals surface area contributed by atoms with Crippen LogP contribution in [0.25, 0.3) is 0 Å². The van der Waals surface area contributed by atoms with E-state index in [4.69, 9.17) is 0 Å². The van der Waals surface area contributed by atoms with Gasteiger partial charge in [0, 0.05) is 12.1 Å². The minimum atomic E-state index is 0.391. The summed E-state index contributed by atoms with van der Waals surface area (Å²) in [5, 5.41) is 13.3. The molecule has 0 saturated heterocycles. The summed E-state index contributed by atoms with van der Waals surface area (Å²) in [5.74, 6) is 1.15. The second kappa shape index (κ2) is 5.75. The van der Waals surface area contributed by atoms with E-state index >= 15 is 0 Å². The number of phenols is 1. The van der Waals surface area contributed by atoms with Gasteiger partial charge in [-0.1, -0.05) is 32.8 Å². The van der Waals surface area contributed by atoms with Crippen molar-refractivity contribution in [3.05, 3.63) is 29.3 Å². The molecule has 0 spiro atoms. The summed E-state index contributed by atoms with van der Waals surface area (Å²) in [5.41, 5.74) is 2.69. The number of phenolic OH excluding ortho intramolecular Hbond substituents is 1. The topological polar surface area (TPSA) is 32.3 Å². The fourth-order valence-corrected chi connectivity index (χ4v) is 3.23. The van der Waals surface area contributed by atoms with Crippen LogP contribution in [0.15, 0.2) is 18.2 Å². The molecule has 0 heterocycles. The third-order valence-electron chi connectivity index (χ3n) is 4.42. The first-order valence-electron chi connectivity index (χ1n) is 7.23. The van der Waals surface area contributed by atoms with E-state index in [0.29, 0.717) is 17.8 Å². The predicted molar refractivity (Wildman–Crippen MR) is 75.8 cm³/mol. The molecule has 0 radical (unpaired) electrons. The highest BCUT2D eigenvalue weighted by Crippen LogP contribution is 2.34. The van der Waals surface area contributed by atoms with Crippen molar-refractivity contribution in [1.82, 2.24) is 5.32 Å². The molecule has 1 aliphatic rings. The quantitative estimate of drug-likeness (QED) is 0.829. The molecule has 2 nitrogen and oxygen atoms in total. The van der Waals surface area contributed by atoms with Crippen molar-refractivity contribution in [2.75, 3.05) is 0 Å². The normalized spacial score (nSPS) is 20.1. The van der Waals surface area contributed by atoms with Crippen LogP contribution in [0.4, 0.5) is 0 Å². The van der Waals surface area contributed by atoms with Crippen LogP contribution in [-0.4, -0.2) is 11.1 Å². The van der Waals surface area contributed by atoms with Gasteiger partial charge in [-0.2, -0.15) is 0 Å². The molecule has 1 aromatic rings. The Morgan fingerprint density at radius 2 is 2.06 bits per heavy atom. The van der Waals surface area contributed by atoms with Gasteiger partial charge in [-0.15, -0.1) is 0 Å². The lowest BCUT2D eigenvalue weighted by molar-refractivity contribution is 0.322. The molecule has 1 aromatic carbocycles. The summed E-state index contributed by atoms with van der Waals surface area (Å²) < 4.78 is 0. The van der Waals surface area contributed by atoms with Gasteiger partial charge < -0.3 is 10.4 Å². The van der Waals surface area contributed by atoms with Gasteiger partial charge in [0.2, 0.25) is 0 Å². The molecular weight excluding hydrogens is 222 g/mol. The first-order chi connectivity index (χ1) is 8.65. The van der Waals surface area contributed by atoms with Crippen LogP contribution in [0.3, 0.4) is 0 Å². The van der Waals surface area contributed by atoms with Crippen LogP contribution in [0.2, 0.25) is 0 Å². The van der Waals surface area contributed by atoms with Crippen molar-refractivity contribution in [3.63, 3.8) is 0 Å². The van der Waals surface area contributed by atoms with E-state index < -0.39 is 0 Å². The molecule has 2 atom stereocenters. The molecular formula is C16H25NO. The van der Waals surface area contributed by atoms with E-state index in [1.807, 2.05) is 6.07 Å². The number of nitrogens with one attached hydrogen (secondary N) is 1. The number of fused-ring (bicyclic) bond motifs is 1. The van der Waals surface area contributed by atoms with Crippen molar-refractivity contribution < 1.29 is 5.11 Å². The Morgan fingerprint density at radius 1 is 1.33 bits per heavy atom. The lowest BCUT2D eigenvalue weighted by Gasteiger charge is -2.26. The number of benzene rings is 1. The molecule has 2 N–H and O–H groups in total. The van der Waals surface area contributed by atoms with Gasteiger partial charge >= 0.3 is 0 Å². The predicted octanol–water partition coefficient (Wildman–Crippen LogP) is 3.79. The zero-order valence-electron chi connectivity index (χ0n) is 11.7. The van der Waals surface area contributed by atoms with Gasteiger partial charge in [0.1, 0.15) is 5.75 Å². The van der Waals surface area contributed by atoms with E-state index in [0.717, 1.165) is 18.8 Å². The number of aryl methyl sites for hydroxylation is 1. The lowest BCUT2D eigenvalue weighted by atomic mass is 9.94. The Morgan fingerprint density at radius 3 is 2.72 bits per heavy atom. The Kier molecular flexibility index (Phi) is 4.28. The van der Waals surface area contributed by atoms with Crippen molar-refractivity contribution in [2.24, 2.45) is 5.92 Å². The molecule has 0 saturated carbocycles. The summed E-state index contributed by atoms with van der Waals surface area (Å²) in [6.45, 7) is 6.84. The van der Waals surface area contributed by atoms with Crippen molar-refractivity contribution in [2.45, 2.75) is 58.5 Å². The van der Waals surface area contributed by atoms with Gasteiger partial charge in [0.05, 0.1) is 0 Å². The average molecular weight is 247 g/mol. The van der Waals surface area contributed by atoms with Gasteiger partial charge in [-0.25, -0.2) is 0 Å².